The van der Waals surface area contributed by atoms with Gasteiger partial charge in [-0.15, -0.1) is 0 Å². The number of carbonyl (C=O) groups excluding carboxylic acids is 1. The Kier molecular flexibility index (Phi) is 11.1. The van der Waals surface area contributed by atoms with Gasteiger partial charge in [-0.25, -0.2) is 9.97 Å². The van der Waals surface area contributed by atoms with E-state index in [0.717, 1.165) is 58.2 Å². The minimum atomic E-state index is 0.0441. The average Bonchev–Trinajstić information content (AvgIpc) is 3.06. The molecule has 0 saturated carbocycles. The Hall–Kier alpha value is -4.90. The number of hydrazone groups is 1. The lowest BCUT2D eigenvalue weighted by Gasteiger charge is -2.45. The highest BCUT2D eigenvalue weighted by atomic mass is 16.5. The summed E-state index contributed by atoms with van der Waals surface area (Å²) in [4.78, 5) is 28.2. The van der Waals surface area contributed by atoms with Crippen LogP contribution in [-0.2, 0) is 4.79 Å². The van der Waals surface area contributed by atoms with Crippen molar-refractivity contribution in [2.24, 2.45) is 5.10 Å². The number of amides is 1. The van der Waals surface area contributed by atoms with Crippen LogP contribution in [0.15, 0.2) is 78.0 Å². The van der Waals surface area contributed by atoms with Gasteiger partial charge in [-0.2, -0.15) is 5.10 Å². The van der Waals surface area contributed by atoms with E-state index in [2.05, 4.69) is 45.2 Å². The Labute approximate surface area is 277 Å². The Morgan fingerprint density at radius 2 is 2.02 bits per heavy atom. The van der Waals surface area contributed by atoms with Crippen molar-refractivity contribution in [2.45, 2.75) is 40.2 Å². The Balaban J connectivity index is 0.00000139. The average molecular weight is 639 g/mol. The number of allylic oxidation sites excluding steroid dienone is 1. The fourth-order valence-corrected chi connectivity index (χ4v) is 5.63. The monoisotopic (exact) mass is 638 g/mol. The minimum Gasteiger partial charge on any atom is -0.488 e. The van der Waals surface area contributed by atoms with Gasteiger partial charge in [0, 0.05) is 50.4 Å². The van der Waals surface area contributed by atoms with Crippen molar-refractivity contribution in [2.75, 3.05) is 63.6 Å². The third-order valence-corrected chi connectivity index (χ3v) is 7.81. The third-order valence-electron chi connectivity index (χ3n) is 7.81. The largest absolute Gasteiger partial charge is 0.488 e. The number of hydrogen-bond acceptors (Lipinski definition) is 10. The maximum absolute atomic E-state index is 12.8. The van der Waals surface area contributed by atoms with E-state index in [0.29, 0.717) is 32.1 Å². The Bertz CT molecular complexity index is 1680. The smallest absolute Gasteiger partial charge is 0.246 e. The van der Waals surface area contributed by atoms with Crippen molar-refractivity contribution in [1.82, 2.24) is 24.8 Å². The van der Waals surface area contributed by atoms with Crippen molar-refractivity contribution in [1.29, 1.82) is 0 Å². The number of hydrogen-bond donors (Lipinski definition) is 1. The van der Waals surface area contributed by atoms with Gasteiger partial charge in [0.1, 0.15) is 30.3 Å². The number of fused-ring (bicyclic) bond motifs is 5. The molecule has 4 heterocycles. The van der Waals surface area contributed by atoms with Crippen molar-refractivity contribution >= 4 is 40.2 Å². The van der Waals surface area contributed by atoms with E-state index in [9.17, 15) is 4.79 Å². The SMILES string of the molecule is C/C=N\N1C=CC(Oc2ccc(Nc3ncnc4ccc5c(c34)OCC3CN(C(=O)/C=C/CN(C)C)CCN53)cc2C)=CC1.CCC. The summed E-state index contributed by atoms with van der Waals surface area (Å²) in [6, 6.07) is 10.1. The van der Waals surface area contributed by atoms with Crippen molar-refractivity contribution in [3.63, 3.8) is 0 Å². The van der Waals surface area contributed by atoms with Gasteiger partial charge in [-0.1, -0.05) is 26.3 Å². The number of aryl methyl sites for hydroxylation is 1. The van der Waals surface area contributed by atoms with Gasteiger partial charge in [0.05, 0.1) is 29.2 Å². The zero-order chi connectivity index (χ0) is 33.3. The predicted octanol–water partition coefficient (Wildman–Crippen LogP) is 5.72. The van der Waals surface area contributed by atoms with Crippen LogP contribution in [0.1, 0.15) is 32.8 Å². The summed E-state index contributed by atoms with van der Waals surface area (Å²) in [5.41, 5.74) is 3.67. The first kappa shape index (κ1) is 33.5. The van der Waals surface area contributed by atoms with Crippen LogP contribution in [0.4, 0.5) is 17.2 Å². The summed E-state index contributed by atoms with van der Waals surface area (Å²) in [5, 5.41) is 10.4. The highest BCUT2D eigenvalue weighted by molar-refractivity contribution is 6.00. The molecular formula is C36H46N8O3. The number of piperazine rings is 1. The third kappa shape index (κ3) is 8.10. The molecule has 0 radical (unpaired) electrons. The van der Waals surface area contributed by atoms with Crippen LogP contribution in [0.3, 0.4) is 0 Å². The number of nitrogens with one attached hydrogen (secondary N) is 1. The topological polar surface area (TPSA) is 98.7 Å². The molecule has 47 heavy (non-hydrogen) atoms. The normalized spacial score (nSPS) is 17.3. The van der Waals surface area contributed by atoms with Crippen molar-refractivity contribution in [3.8, 4) is 11.5 Å². The minimum absolute atomic E-state index is 0.0441. The first-order valence-corrected chi connectivity index (χ1v) is 16.3. The molecule has 3 aliphatic heterocycles. The summed E-state index contributed by atoms with van der Waals surface area (Å²) in [6.45, 7) is 12.0. The van der Waals surface area contributed by atoms with Crippen LogP contribution in [0.25, 0.3) is 10.9 Å². The fraction of sp³-hybridized carbons (Fsp3) is 0.389. The van der Waals surface area contributed by atoms with E-state index in [1.54, 1.807) is 18.6 Å². The lowest BCUT2D eigenvalue weighted by Crippen LogP contribution is -2.58. The maximum Gasteiger partial charge on any atom is 0.246 e. The number of carbonyl (C=O) groups is 1. The van der Waals surface area contributed by atoms with Gasteiger partial charge in [0.25, 0.3) is 0 Å². The summed E-state index contributed by atoms with van der Waals surface area (Å²) in [5.74, 6) is 3.05. The second kappa shape index (κ2) is 15.6. The molecule has 1 N–H and O–H groups in total. The van der Waals surface area contributed by atoms with Gasteiger partial charge in [0.2, 0.25) is 5.91 Å². The molecular weight excluding hydrogens is 592 g/mol. The first-order valence-electron chi connectivity index (χ1n) is 16.3. The van der Waals surface area contributed by atoms with Crippen LogP contribution < -0.4 is 19.7 Å². The van der Waals surface area contributed by atoms with E-state index >= 15 is 0 Å². The van der Waals surface area contributed by atoms with Crippen LogP contribution >= 0.6 is 0 Å². The van der Waals surface area contributed by atoms with E-state index in [4.69, 9.17) is 9.47 Å². The van der Waals surface area contributed by atoms with Crippen LogP contribution in [0.2, 0.25) is 0 Å². The molecule has 0 spiro atoms. The lowest BCUT2D eigenvalue weighted by atomic mass is 10.1. The molecule has 1 aromatic heterocycles. The zero-order valence-corrected chi connectivity index (χ0v) is 28.3. The van der Waals surface area contributed by atoms with Crippen molar-refractivity contribution in [3.05, 3.63) is 78.5 Å². The van der Waals surface area contributed by atoms with E-state index in [1.807, 2.05) is 91.4 Å². The zero-order valence-electron chi connectivity index (χ0n) is 28.3. The standard InChI is InChI=1S/C33H38N8O3.C3H8/c1-5-36-40-15-12-26(13-16-40)44-29-11-8-24(19-23(29)2)37-33-31-27(34-22-35-33)9-10-28-32(31)43-21-25-20-39(17-18-41(25)28)30(42)7-6-14-38(3)4;1-3-2/h5-13,15,19,22,25H,14,16-18,20-21H2,1-4H3,(H,34,35,37);3H2,1-2H3/b7-6+,36-5-;. The van der Waals surface area contributed by atoms with Crippen LogP contribution in [-0.4, -0.2) is 96.4 Å². The highest BCUT2D eigenvalue weighted by Gasteiger charge is 2.35. The molecule has 11 nitrogen and oxygen atoms in total. The summed E-state index contributed by atoms with van der Waals surface area (Å²) >= 11 is 0. The summed E-state index contributed by atoms with van der Waals surface area (Å²) < 4.78 is 12.6. The number of rotatable bonds is 8. The highest BCUT2D eigenvalue weighted by Crippen LogP contribution is 2.43. The first-order chi connectivity index (χ1) is 22.8. The van der Waals surface area contributed by atoms with E-state index in [1.165, 1.54) is 6.42 Å². The molecule has 1 fully saturated rings. The fourth-order valence-electron chi connectivity index (χ4n) is 5.63. The second-order valence-electron chi connectivity index (χ2n) is 12.0. The number of aromatic nitrogens is 2. The molecule has 1 saturated heterocycles. The van der Waals surface area contributed by atoms with Gasteiger partial charge >= 0.3 is 0 Å². The molecule has 6 rings (SSSR count). The maximum atomic E-state index is 12.8. The molecule has 1 atom stereocenters. The van der Waals surface area contributed by atoms with E-state index < -0.39 is 0 Å². The van der Waals surface area contributed by atoms with Gasteiger partial charge in [-0.3, -0.25) is 9.80 Å². The molecule has 0 aliphatic carbocycles. The van der Waals surface area contributed by atoms with Crippen LogP contribution in [0.5, 0.6) is 11.5 Å². The molecule has 1 unspecified atom stereocenters. The molecule has 1 amide bonds. The van der Waals surface area contributed by atoms with Gasteiger partial charge in [-0.05, 0) is 76.0 Å². The summed E-state index contributed by atoms with van der Waals surface area (Å²) in [6.07, 6.45) is 14.0. The molecule has 3 aliphatic rings. The molecule has 11 heteroatoms. The Morgan fingerprint density at radius 1 is 1.19 bits per heavy atom. The quantitative estimate of drug-likeness (QED) is 0.245. The molecule has 2 aromatic carbocycles. The van der Waals surface area contributed by atoms with E-state index in [-0.39, 0.29) is 11.9 Å². The molecule has 3 aromatic rings. The van der Waals surface area contributed by atoms with Crippen molar-refractivity contribution < 1.29 is 14.3 Å². The number of anilines is 3. The number of nitrogens with zero attached hydrogens (tertiary/aromatic N) is 7. The lowest BCUT2D eigenvalue weighted by molar-refractivity contribution is -0.127. The number of ether oxygens (including phenoxy) is 2. The number of likely N-dealkylation sites (N-methyl/N-ethyl adjacent to an activating group) is 1. The summed E-state index contributed by atoms with van der Waals surface area (Å²) in [7, 11) is 3.97. The second-order valence-corrected chi connectivity index (χ2v) is 12.0. The number of benzene rings is 2. The molecule has 0 bridgehead atoms. The Morgan fingerprint density at radius 3 is 2.74 bits per heavy atom. The molecule has 248 valence electrons. The predicted molar refractivity (Wildman–Crippen MR) is 190 cm³/mol. The van der Waals surface area contributed by atoms with Crippen LogP contribution in [0, 0.1) is 6.92 Å². The van der Waals surface area contributed by atoms with Gasteiger partial charge in [0.15, 0.2) is 5.75 Å². The van der Waals surface area contributed by atoms with Gasteiger partial charge < -0.3 is 29.5 Å².